The molecule has 29 heavy (non-hydrogen) atoms. The quantitative estimate of drug-likeness (QED) is 0.746. The number of fused-ring (bicyclic) bond motifs is 2. The summed E-state index contributed by atoms with van der Waals surface area (Å²) < 4.78 is 33.7. The molecule has 0 heterocycles. The fourth-order valence-corrected chi connectivity index (χ4v) is 4.30. The molecule has 3 rings (SSSR count). The van der Waals surface area contributed by atoms with Crippen molar-refractivity contribution >= 4 is 11.8 Å². The lowest BCUT2D eigenvalue weighted by Gasteiger charge is -2.39. The number of nitrogens with two attached hydrogens (primary N) is 2. The first-order valence-electron chi connectivity index (χ1n) is 9.48. The van der Waals surface area contributed by atoms with Crippen LogP contribution >= 0.6 is 0 Å². The Hall–Kier alpha value is -2.83. The largest absolute Gasteiger partial charge is 0.444 e. The molecule has 1 saturated carbocycles. The number of hydrogen-bond acceptors (Lipinski definition) is 4. The molecule has 2 bridgehead atoms. The Morgan fingerprint density at radius 2 is 1.93 bits per heavy atom. The zero-order chi connectivity index (χ0) is 21.7. The summed E-state index contributed by atoms with van der Waals surface area (Å²) in [5, 5.41) is 0. The number of benzene rings is 1. The number of hydrogen-bond donors (Lipinski definition) is 2. The highest BCUT2D eigenvalue weighted by molar-refractivity contribution is 5.75. The molecule has 1 aromatic carbocycles. The molecule has 5 nitrogen and oxygen atoms in total. The SMILES string of the molecule is C=C1[C@@H]2CC[C@@]1(N(C)C(=O)OC(C)(C)C)C(N)=C2/C=C(\N)c1c(F)cccc1F. The lowest BCUT2D eigenvalue weighted by atomic mass is 9.89. The van der Waals surface area contributed by atoms with Crippen LogP contribution in [-0.4, -0.2) is 29.2 Å². The van der Waals surface area contributed by atoms with Crippen LogP contribution in [0, 0.1) is 17.6 Å². The first-order valence-corrected chi connectivity index (χ1v) is 9.48. The minimum atomic E-state index is -0.896. The number of nitrogens with zero attached hydrogens (tertiary/aromatic N) is 1. The van der Waals surface area contributed by atoms with Gasteiger partial charge in [-0.25, -0.2) is 13.6 Å². The number of allylic oxidation sites excluding steroid dienone is 2. The van der Waals surface area contributed by atoms with Gasteiger partial charge in [-0.05, 0) is 63.0 Å². The number of halogens is 2. The van der Waals surface area contributed by atoms with Crippen molar-refractivity contribution in [2.24, 2.45) is 17.4 Å². The highest BCUT2D eigenvalue weighted by Gasteiger charge is 2.57. The second-order valence-electron chi connectivity index (χ2n) is 8.58. The minimum absolute atomic E-state index is 0.0611. The Bertz CT molecular complexity index is 926. The Kier molecular flexibility index (Phi) is 4.97. The fourth-order valence-electron chi connectivity index (χ4n) is 4.30. The third-order valence-corrected chi connectivity index (χ3v) is 5.68. The predicted octanol–water partition coefficient (Wildman–Crippen LogP) is 4.06. The second kappa shape index (κ2) is 6.90. The first-order chi connectivity index (χ1) is 13.4. The Balaban J connectivity index is 2.03. The molecule has 2 atom stereocenters. The van der Waals surface area contributed by atoms with E-state index in [2.05, 4.69) is 6.58 Å². The fraction of sp³-hybridized carbons (Fsp3) is 0.409. The number of carbonyl (C=O) groups is 1. The van der Waals surface area contributed by atoms with Gasteiger partial charge >= 0.3 is 6.09 Å². The van der Waals surface area contributed by atoms with Gasteiger partial charge in [-0.1, -0.05) is 12.6 Å². The van der Waals surface area contributed by atoms with Crippen molar-refractivity contribution in [3.8, 4) is 0 Å². The third-order valence-electron chi connectivity index (χ3n) is 5.68. The summed E-state index contributed by atoms with van der Waals surface area (Å²) in [6.07, 6.45) is 2.28. The van der Waals surface area contributed by atoms with Crippen LogP contribution in [0.3, 0.4) is 0 Å². The molecule has 2 aliphatic rings. The monoisotopic (exact) mass is 403 g/mol. The van der Waals surface area contributed by atoms with Crippen LogP contribution in [0.2, 0.25) is 0 Å². The minimum Gasteiger partial charge on any atom is -0.444 e. The maximum absolute atomic E-state index is 14.1. The lowest BCUT2D eigenvalue weighted by Crippen LogP contribution is -2.52. The van der Waals surface area contributed by atoms with Gasteiger partial charge in [-0.15, -0.1) is 0 Å². The van der Waals surface area contributed by atoms with Gasteiger partial charge in [0.25, 0.3) is 0 Å². The van der Waals surface area contributed by atoms with Crippen molar-refractivity contribution in [1.82, 2.24) is 4.90 Å². The number of ether oxygens (including phenoxy) is 1. The highest BCUT2D eigenvalue weighted by Crippen LogP contribution is 2.56. The van der Waals surface area contributed by atoms with Crippen molar-refractivity contribution in [1.29, 1.82) is 0 Å². The molecule has 1 fully saturated rings. The van der Waals surface area contributed by atoms with Crippen molar-refractivity contribution in [3.63, 3.8) is 0 Å². The Morgan fingerprint density at radius 3 is 2.48 bits per heavy atom. The van der Waals surface area contributed by atoms with Gasteiger partial charge in [0.2, 0.25) is 0 Å². The van der Waals surface area contributed by atoms with Gasteiger partial charge in [-0.3, -0.25) is 4.90 Å². The Morgan fingerprint density at radius 1 is 1.34 bits per heavy atom. The van der Waals surface area contributed by atoms with Crippen LogP contribution in [0.25, 0.3) is 5.70 Å². The van der Waals surface area contributed by atoms with E-state index in [0.717, 1.165) is 17.7 Å². The van der Waals surface area contributed by atoms with Crippen LogP contribution in [0.15, 0.2) is 47.7 Å². The van der Waals surface area contributed by atoms with E-state index in [9.17, 15) is 13.6 Å². The van der Waals surface area contributed by atoms with Gasteiger partial charge in [0.1, 0.15) is 22.8 Å². The van der Waals surface area contributed by atoms with E-state index in [1.54, 1.807) is 27.8 Å². The summed E-state index contributed by atoms with van der Waals surface area (Å²) in [4.78, 5) is 14.2. The molecular formula is C22H27F2N3O2. The summed E-state index contributed by atoms with van der Waals surface area (Å²) in [7, 11) is 1.63. The molecule has 156 valence electrons. The lowest BCUT2D eigenvalue weighted by molar-refractivity contribution is 0.0168. The van der Waals surface area contributed by atoms with E-state index in [-0.39, 0.29) is 17.2 Å². The number of carbonyl (C=O) groups excluding carboxylic acids is 1. The van der Waals surface area contributed by atoms with Crippen LogP contribution in [0.1, 0.15) is 39.2 Å². The van der Waals surface area contributed by atoms with E-state index in [1.807, 2.05) is 0 Å². The van der Waals surface area contributed by atoms with Crippen LogP contribution in [0.4, 0.5) is 13.6 Å². The third kappa shape index (κ3) is 3.28. The summed E-state index contributed by atoms with van der Waals surface area (Å²) in [6, 6.07) is 3.57. The second-order valence-corrected chi connectivity index (χ2v) is 8.58. The zero-order valence-corrected chi connectivity index (χ0v) is 17.2. The van der Waals surface area contributed by atoms with Crippen LogP contribution in [-0.2, 0) is 4.74 Å². The summed E-state index contributed by atoms with van der Waals surface area (Å²) >= 11 is 0. The van der Waals surface area contributed by atoms with E-state index < -0.39 is 28.9 Å². The summed E-state index contributed by atoms with van der Waals surface area (Å²) in [5.74, 6) is -1.64. The molecule has 7 heteroatoms. The van der Waals surface area contributed by atoms with Crippen molar-refractivity contribution in [2.45, 2.75) is 44.8 Å². The van der Waals surface area contributed by atoms with Gasteiger partial charge in [0.05, 0.1) is 5.56 Å². The normalized spacial score (nSPS) is 24.3. The zero-order valence-electron chi connectivity index (χ0n) is 17.2. The van der Waals surface area contributed by atoms with Crippen molar-refractivity contribution in [3.05, 3.63) is 64.9 Å². The van der Waals surface area contributed by atoms with Crippen LogP contribution < -0.4 is 11.5 Å². The number of amides is 1. The summed E-state index contributed by atoms with van der Waals surface area (Å²) in [6.45, 7) is 9.54. The average molecular weight is 403 g/mol. The van der Waals surface area contributed by atoms with Gasteiger partial charge in [0.15, 0.2) is 0 Å². The van der Waals surface area contributed by atoms with Gasteiger partial charge in [0, 0.05) is 24.4 Å². The maximum atomic E-state index is 14.1. The molecule has 0 unspecified atom stereocenters. The molecule has 4 N–H and O–H groups in total. The topological polar surface area (TPSA) is 81.6 Å². The van der Waals surface area contributed by atoms with E-state index in [4.69, 9.17) is 16.2 Å². The molecular weight excluding hydrogens is 376 g/mol. The van der Waals surface area contributed by atoms with E-state index >= 15 is 0 Å². The van der Waals surface area contributed by atoms with E-state index in [0.29, 0.717) is 24.1 Å². The number of likely N-dealkylation sites (N-methyl/N-ethyl adjacent to an activating group) is 1. The van der Waals surface area contributed by atoms with Crippen LogP contribution in [0.5, 0.6) is 0 Å². The van der Waals surface area contributed by atoms with E-state index in [1.165, 1.54) is 17.0 Å². The van der Waals surface area contributed by atoms with Gasteiger partial charge in [-0.2, -0.15) is 0 Å². The molecule has 0 spiro atoms. The Labute approximate surface area is 169 Å². The van der Waals surface area contributed by atoms with Crippen molar-refractivity contribution < 1.29 is 18.3 Å². The first kappa shape index (κ1) is 20.9. The molecule has 1 aromatic rings. The molecule has 0 saturated heterocycles. The standard InChI is InChI=1S/C22H27F2N3O2/c1-12-13-9-10-22(12,27(5)20(28)29-21(2,3)4)19(26)14(13)11-17(25)18-15(23)7-6-8-16(18)24/h6-8,11,13H,1,9-10,25-26H2,2-5H3/b17-11-/t13-,22-/m0/s1. The predicted molar refractivity (Wildman–Crippen MR) is 108 cm³/mol. The van der Waals surface area contributed by atoms with Crippen molar-refractivity contribution in [2.75, 3.05) is 7.05 Å². The molecule has 1 amide bonds. The number of rotatable bonds is 3. The smallest absolute Gasteiger partial charge is 0.411 e. The average Bonchev–Trinajstić information content (AvgIpc) is 3.03. The summed E-state index contributed by atoms with van der Waals surface area (Å²) in [5.41, 5.74) is 12.4. The maximum Gasteiger partial charge on any atom is 0.411 e. The molecule has 0 aromatic heterocycles. The van der Waals surface area contributed by atoms with Gasteiger partial charge < -0.3 is 16.2 Å². The molecule has 2 aliphatic carbocycles. The molecule has 0 radical (unpaired) electrons. The molecule has 0 aliphatic heterocycles. The highest BCUT2D eigenvalue weighted by atomic mass is 19.1.